The Labute approximate surface area is 244 Å². The van der Waals surface area contributed by atoms with Crippen LogP contribution in [0.3, 0.4) is 0 Å². The molecule has 9 nitrogen and oxygen atoms in total. The molecule has 1 aromatic rings. The van der Waals surface area contributed by atoms with Crippen molar-refractivity contribution < 1.29 is 28.4 Å². The molecule has 2 unspecified atom stereocenters. The molecule has 0 bridgehead atoms. The van der Waals surface area contributed by atoms with E-state index in [-0.39, 0.29) is 19.1 Å². The molecule has 0 saturated carbocycles. The Morgan fingerprint density at radius 1 is 1.18 bits per heavy atom. The predicted molar refractivity (Wildman–Crippen MR) is 155 cm³/mol. The quantitative estimate of drug-likeness (QED) is 0.331. The van der Waals surface area contributed by atoms with Crippen molar-refractivity contribution in [2.45, 2.75) is 76.9 Å². The number of rotatable bonds is 10. The number of halogens is 2. The van der Waals surface area contributed by atoms with Crippen molar-refractivity contribution in [1.82, 2.24) is 14.9 Å². The first-order valence-corrected chi connectivity index (χ1v) is 14.8. The maximum absolute atomic E-state index is 13.2. The number of amides is 2. The predicted octanol–water partition coefficient (Wildman–Crippen LogP) is 4.78. The lowest BCUT2D eigenvalue weighted by atomic mass is 9.85. The minimum absolute atomic E-state index is 0.0271. The van der Waals surface area contributed by atoms with E-state index in [0.29, 0.717) is 41.7 Å². The van der Waals surface area contributed by atoms with Gasteiger partial charge >= 0.3 is 6.09 Å². The highest BCUT2D eigenvalue weighted by Crippen LogP contribution is 2.40. The van der Waals surface area contributed by atoms with Crippen LogP contribution < -0.4 is 14.8 Å². The maximum atomic E-state index is 13.2. The summed E-state index contributed by atoms with van der Waals surface area (Å²) in [5.74, 6) is 0.00684. The molecule has 220 valence electrons. The first kappa shape index (κ1) is 33.4. The number of aliphatic hydroxyl groups is 1. The molecule has 12 heteroatoms. The fourth-order valence-corrected chi connectivity index (χ4v) is 5.24. The van der Waals surface area contributed by atoms with Crippen LogP contribution >= 0.6 is 23.2 Å². The number of carbonyl (C=O) groups is 2. The molecule has 2 rings (SSSR count). The van der Waals surface area contributed by atoms with Gasteiger partial charge in [-0.25, -0.2) is 13.7 Å². The molecule has 1 aliphatic heterocycles. The first-order valence-electron chi connectivity index (χ1n) is 12.9. The van der Waals surface area contributed by atoms with E-state index in [0.717, 1.165) is 5.56 Å². The Balaban J connectivity index is 2.18. The molecule has 0 spiro atoms. The summed E-state index contributed by atoms with van der Waals surface area (Å²) in [7, 11) is -1.41. The molecule has 3 atom stereocenters. The monoisotopic (exact) mass is 605 g/mol. The molecule has 1 aliphatic rings. The first-order chi connectivity index (χ1) is 18.0. The van der Waals surface area contributed by atoms with Crippen molar-refractivity contribution in [1.29, 1.82) is 0 Å². The third kappa shape index (κ3) is 10.2. The van der Waals surface area contributed by atoms with Gasteiger partial charge in [0.1, 0.15) is 24.1 Å². The number of aliphatic hydroxyl groups excluding tert-OH is 1. The third-order valence-corrected chi connectivity index (χ3v) is 8.28. The standard InChI is InChI=1S/C27H41Cl2N3O6S/c1-8-13-37-22-15-20(29)19(28)14-18(22)23(31-39(36)27(5,6)7)17-9-11-32(12-10-17)24(34)21(33)16-30-25(35)38-26(2,3)4/h8,14-15,17,21,23,31,33H,1,9-13,16H2,2-7H3,(H,30,35)/t21?,23-,39?/m1/s1. The second-order valence-electron chi connectivity index (χ2n) is 11.4. The van der Waals surface area contributed by atoms with Crippen LogP contribution in [0.25, 0.3) is 0 Å². The third-order valence-electron chi connectivity index (χ3n) is 5.98. The zero-order chi connectivity index (χ0) is 29.5. The van der Waals surface area contributed by atoms with Crippen molar-refractivity contribution in [2.24, 2.45) is 5.92 Å². The van der Waals surface area contributed by atoms with Gasteiger partial charge in [0.15, 0.2) is 0 Å². The summed E-state index contributed by atoms with van der Waals surface area (Å²) in [6.45, 7) is 15.3. The average molecular weight is 607 g/mol. The number of hydrogen-bond donors (Lipinski definition) is 3. The molecular weight excluding hydrogens is 565 g/mol. The van der Waals surface area contributed by atoms with Gasteiger partial charge in [0.2, 0.25) is 0 Å². The zero-order valence-corrected chi connectivity index (χ0v) is 25.8. The second kappa shape index (κ2) is 14.2. The number of nitrogens with one attached hydrogen (secondary N) is 2. The number of benzene rings is 1. The molecule has 0 radical (unpaired) electrons. The van der Waals surface area contributed by atoms with Crippen molar-refractivity contribution in [2.75, 3.05) is 26.2 Å². The van der Waals surface area contributed by atoms with Crippen molar-refractivity contribution >= 4 is 46.2 Å². The molecule has 0 aliphatic carbocycles. The fraction of sp³-hybridized carbons (Fsp3) is 0.630. The summed E-state index contributed by atoms with van der Waals surface area (Å²) in [6.07, 6.45) is 0.654. The van der Waals surface area contributed by atoms with Crippen LogP contribution in [0.4, 0.5) is 4.79 Å². The van der Waals surface area contributed by atoms with E-state index in [1.807, 2.05) is 20.8 Å². The van der Waals surface area contributed by atoms with Crippen LogP contribution in [0.15, 0.2) is 24.8 Å². The van der Waals surface area contributed by atoms with E-state index in [1.165, 1.54) is 0 Å². The van der Waals surface area contributed by atoms with E-state index >= 15 is 0 Å². The van der Waals surface area contributed by atoms with E-state index in [9.17, 15) is 18.9 Å². The minimum atomic E-state index is -1.41. The van der Waals surface area contributed by atoms with Gasteiger partial charge < -0.3 is 24.8 Å². The van der Waals surface area contributed by atoms with Crippen molar-refractivity contribution in [3.05, 3.63) is 40.4 Å². The smallest absolute Gasteiger partial charge is 0.407 e. The lowest BCUT2D eigenvalue weighted by Crippen LogP contribution is -2.49. The molecule has 1 fully saturated rings. The highest BCUT2D eigenvalue weighted by molar-refractivity contribution is 7.84. The Kier molecular flexibility index (Phi) is 12.1. The summed E-state index contributed by atoms with van der Waals surface area (Å²) in [5.41, 5.74) is 0.0304. The van der Waals surface area contributed by atoms with Crippen LogP contribution in [0.1, 0.15) is 66.0 Å². The Morgan fingerprint density at radius 3 is 2.31 bits per heavy atom. The number of ether oxygens (including phenoxy) is 2. The number of piperidine rings is 1. The Morgan fingerprint density at radius 2 is 1.77 bits per heavy atom. The van der Waals surface area contributed by atoms with Gasteiger partial charge in [0.05, 0.1) is 38.4 Å². The summed E-state index contributed by atoms with van der Waals surface area (Å²) in [6, 6.07) is 2.96. The zero-order valence-electron chi connectivity index (χ0n) is 23.5. The summed E-state index contributed by atoms with van der Waals surface area (Å²) in [5, 5.41) is 13.5. The molecule has 1 aromatic carbocycles. The highest BCUT2D eigenvalue weighted by Gasteiger charge is 2.35. The normalized spacial score (nSPS) is 17.2. The Bertz CT molecular complexity index is 1050. The topological polar surface area (TPSA) is 117 Å². The molecule has 1 saturated heterocycles. The maximum Gasteiger partial charge on any atom is 0.407 e. The van der Waals surface area contributed by atoms with Crippen molar-refractivity contribution in [3.8, 4) is 5.75 Å². The van der Waals surface area contributed by atoms with Crippen LogP contribution in [0, 0.1) is 5.92 Å². The Hall–Kier alpha value is -1.85. The van der Waals surface area contributed by atoms with E-state index in [1.54, 1.807) is 43.9 Å². The van der Waals surface area contributed by atoms with Gasteiger partial charge in [-0.1, -0.05) is 35.9 Å². The molecule has 0 aromatic heterocycles. The van der Waals surface area contributed by atoms with Crippen LogP contribution in [-0.2, 0) is 20.5 Å². The van der Waals surface area contributed by atoms with E-state index in [4.69, 9.17) is 32.7 Å². The number of likely N-dealkylation sites (tertiary alicyclic amines) is 1. The van der Waals surface area contributed by atoms with Crippen LogP contribution in [0.2, 0.25) is 10.0 Å². The lowest BCUT2D eigenvalue weighted by molar-refractivity contribution is -0.141. The summed E-state index contributed by atoms with van der Waals surface area (Å²) >= 11 is 12.7. The molecular formula is C27H41Cl2N3O6S. The molecule has 39 heavy (non-hydrogen) atoms. The van der Waals surface area contributed by atoms with Crippen LogP contribution in [-0.4, -0.2) is 68.9 Å². The van der Waals surface area contributed by atoms with Crippen molar-refractivity contribution in [3.63, 3.8) is 0 Å². The number of nitrogens with zero attached hydrogens (tertiary/aromatic N) is 1. The summed E-state index contributed by atoms with van der Waals surface area (Å²) in [4.78, 5) is 26.3. The van der Waals surface area contributed by atoms with Crippen LogP contribution in [0.5, 0.6) is 5.75 Å². The highest BCUT2D eigenvalue weighted by atomic mass is 35.5. The van der Waals surface area contributed by atoms with E-state index in [2.05, 4.69) is 16.6 Å². The lowest BCUT2D eigenvalue weighted by Gasteiger charge is -2.38. The van der Waals surface area contributed by atoms with E-state index < -0.39 is 45.5 Å². The minimum Gasteiger partial charge on any atom is -0.489 e. The molecule has 3 N–H and O–H groups in total. The van der Waals surface area contributed by atoms with Gasteiger partial charge in [-0.05, 0) is 66.4 Å². The molecule has 1 heterocycles. The van der Waals surface area contributed by atoms with Gasteiger partial charge in [-0.15, -0.1) is 0 Å². The SMILES string of the molecule is C=CCOc1cc(Cl)c(Cl)cc1[C@H](NS(=O)C(C)(C)C)C1CCN(C(=O)C(O)CNC(=O)OC(C)(C)C)CC1. The average Bonchev–Trinajstić information content (AvgIpc) is 2.84. The molecule has 2 amide bonds. The van der Waals surface area contributed by atoms with Gasteiger partial charge in [0, 0.05) is 24.7 Å². The number of carbonyl (C=O) groups excluding carboxylic acids is 2. The fourth-order valence-electron chi connectivity index (χ4n) is 4.01. The number of hydrogen-bond acceptors (Lipinski definition) is 6. The largest absolute Gasteiger partial charge is 0.489 e. The summed E-state index contributed by atoms with van der Waals surface area (Å²) < 4.78 is 27.0. The van der Waals surface area contributed by atoms with Gasteiger partial charge in [0.25, 0.3) is 5.91 Å². The van der Waals surface area contributed by atoms with Gasteiger partial charge in [-0.2, -0.15) is 0 Å². The number of alkyl carbamates (subject to hydrolysis) is 1. The van der Waals surface area contributed by atoms with Gasteiger partial charge in [-0.3, -0.25) is 4.79 Å². The second-order valence-corrected chi connectivity index (χ2v) is 14.3.